The summed E-state index contributed by atoms with van der Waals surface area (Å²) in [6.45, 7) is 0. The highest BCUT2D eigenvalue weighted by Crippen LogP contribution is 2.24. The Morgan fingerprint density at radius 3 is 2.94 bits per heavy atom. The zero-order valence-electron chi connectivity index (χ0n) is 9.48. The summed E-state index contributed by atoms with van der Waals surface area (Å²) in [6, 6.07) is 2.01. The topological polar surface area (TPSA) is 33.4 Å². The highest BCUT2D eigenvalue weighted by Gasteiger charge is 2.05. The van der Waals surface area contributed by atoms with E-state index in [1.807, 2.05) is 38.3 Å². The molecule has 2 heterocycles. The molecule has 0 amide bonds. The summed E-state index contributed by atoms with van der Waals surface area (Å²) in [5.41, 5.74) is 1.13. The quantitative estimate of drug-likeness (QED) is 0.482. The number of aliphatic imine (C=N–C) groups is 1. The number of aryl methyl sites for hydroxylation is 1. The molecule has 0 aliphatic carbocycles. The van der Waals surface area contributed by atoms with Crippen LogP contribution in [0.1, 0.15) is 0 Å². The highest BCUT2D eigenvalue weighted by molar-refractivity contribution is 14.1. The van der Waals surface area contributed by atoms with Gasteiger partial charge in [0.05, 0.1) is 18.1 Å². The van der Waals surface area contributed by atoms with Gasteiger partial charge in [0.15, 0.2) is 5.82 Å². The lowest BCUT2D eigenvalue weighted by atomic mass is 10.3. The van der Waals surface area contributed by atoms with Crippen LogP contribution in [0.3, 0.4) is 0 Å². The van der Waals surface area contributed by atoms with Crippen molar-refractivity contribution in [3.63, 3.8) is 0 Å². The van der Waals surface area contributed by atoms with Gasteiger partial charge in [-0.3, -0.25) is 0 Å². The minimum Gasteiger partial charge on any atom is -0.369 e. The van der Waals surface area contributed by atoms with Crippen LogP contribution in [0.25, 0.3) is 10.9 Å². The molecule has 5 heteroatoms. The molecule has 0 unspecified atom stereocenters. The molecule has 0 spiro atoms. The number of aromatic nitrogens is 2. The first kappa shape index (κ1) is 11.4. The van der Waals surface area contributed by atoms with Crippen molar-refractivity contribution in [3.8, 4) is 0 Å². The first-order valence-corrected chi connectivity index (χ1v) is 5.97. The molecule has 84 valence electrons. The normalized spacial score (nSPS) is 11.5. The third kappa shape index (κ3) is 2.18. The Balaban J connectivity index is 2.47. The van der Waals surface area contributed by atoms with E-state index in [-0.39, 0.29) is 0 Å². The maximum absolute atomic E-state index is 4.30. The molecule has 4 nitrogen and oxygen atoms in total. The molecule has 0 aromatic carbocycles. The Morgan fingerprint density at radius 2 is 2.25 bits per heavy atom. The standard InChI is InChI=1S/C11H13IN4/c1-15(2)7-14-11-4-8-9(12)6-16(3)10(8)5-13-11/h4-7H,1-3H3. The van der Waals surface area contributed by atoms with E-state index < -0.39 is 0 Å². The van der Waals surface area contributed by atoms with Crippen molar-refractivity contribution in [2.75, 3.05) is 14.1 Å². The zero-order valence-corrected chi connectivity index (χ0v) is 11.6. The largest absolute Gasteiger partial charge is 0.369 e. The monoisotopic (exact) mass is 328 g/mol. The van der Waals surface area contributed by atoms with Crippen molar-refractivity contribution in [1.82, 2.24) is 14.5 Å². The lowest BCUT2D eigenvalue weighted by Crippen LogP contribution is -2.07. The zero-order chi connectivity index (χ0) is 11.7. The first-order valence-electron chi connectivity index (χ1n) is 4.89. The molecule has 2 rings (SSSR count). The second kappa shape index (κ2) is 4.40. The number of hydrogen-bond acceptors (Lipinski definition) is 2. The minimum absolute atomic E-state index is 0.741. The predicted octanol–water partition coefficient (Wildman–Crippen LogP) is 2.40. The van der Waals surface area contributed by atoms with Crippen molar-refractivity contribution < 1.29 is 0 Å². The van der Waals surface area contributed by atoms with Crippen LogP contribution in [-0.2, 0) is 7.05 Å². The lowest BCUT2D eigenvalue weighted by molar-refractivity contribution is 0.643. The van der Waals surface area contributed by atoms with Crippen molar-refractivity contribution in [3.05, 3.63) is 22.0 Å². The molecule has 2 aromatic rings. The van der Waals surface area contributed by atoms with Crippen LogP contribution in [0.2, 0.25) is 0 Å². The fourth-order valence-corrected chi connectivity index (χ4v) is 2.31. The summed E-state index contributed by atoms with van der Waals surface area (Å²) in [6.07, 6.45) is 5.70. The molecular formula is C11H13IN4. The number of pyridine rings is 1. The summed E-state index contributed by atoms with van der Waals surface area (Å²) in [5, 5.41) is 1.20. The van der Waals surface area contributed by atoms with Gasteiger partial charge in [0.2, 0.25) is 0 Å². The van der Waals surface area contributed by atoms with Crippen molar-refractivity contribution in [2.24, 2.45) is 12.0 Å². The fraction of sp³-hybridized carbons (Fsp3) is 0.273. The van der Waals surface area contributed by atoms with E-state index in [1.54, 1.807) is 6.34 Å². The highest BCUT2D eigenvalue weighted by atomic mass is 127. The van der Waals surface area contributed by atoms with E-state index in [9.17, 15) is 0 Å². The van der Waals surface area contributed by atoms with Crippen LogP contribution < -0.4 is 0 Å². The van der Waals surface area contributed by atoms with E-state index in [4.69, 9.17) is 0 Å². The smallest absolute Gasteiger partial charge is 0.154 e. The van der Waals surface area contributed by atoms with Gasteiger partial charge in [-0.05, 0) is 28.7 Å². The van der Waals surface area contributed by atoms with E-state index in [1.165, 1.54) is 8.96 Å². The number of halogens is 1. The van der Waals surface area contributed by atoms with E-state index in [2.05, 4.69) is 43.3 Å². The Labute approximate surface area is 108 Å². The van der Waals surface area contributed by atoms with Crippen LogP contribution in [-0.4, -0.2) is 34.9 Å². The van der Waals surface area contributed by atoms with Crippen molar-refractivity contribution >= 4 is 45.7 Å². The van der Waals surface area contributed by atoms with Crippen molar-refractivity contribution in [2.45, 2.75) is 0 Å². The molecule has 0 bridgehead atoms. The average molecular weight is 328 g/mol. The summed E-state index contributed by atoms with van der Waals surface area (Å²) in [5.74, 6) is 0.741. The lowest BCUT2D eigenvalue weighted by Gasteiger charge is -2.02. The molecule has 0 radical (unpaired) electrons. The van der Waals surface area contributed by atoms with Crippen LogP contribution >= 0.6 is 22.6 Å². The molecule has 0 saturated heterocycles. The molecule has 0 N–H and O–H groups in total. The average Bonchev–Trinajstić information content (AvgIpc) is 2.52. The predicted molar refractivity (Wildman–Crippen MR) is 75.3 cm³/mol. The van der Waals surface area contributed by atoms with Crippen LogP contribution in [0, 0.1) is 3.57 Å². The second-order valence-electron chi connectivity index (χ2n) is 3.86. The minimum atomic E-state index is 0.741. The van der Waals surface area contributed by atoms with Crippen LogP contribution in [0.15, 0.2) is 23.5 Å². The van der Waals surface area contributed by atoms with Gasteiger partial charge in [0, 0.05) is 36.3 Å². The summed E-state index contributed by atoms with van der Waals surface area (Å²) >= 11 is 2.33. The van der Waals surface area contributed by atoms with Crippen LogP contribution in [0.4, 0.5) is 5.82 Å². The second-order valence-corrected chi connectivity index (χ2v) is 5.02. The molecule has 0 saturated carbocycles. The Hall–Kier alpha value is -1.11. The van der Waals surface area contributed by atoms with E-state index in [0.717, 1.165) is 11.3 Å². The van der Waals surface area contributed by atoms with Gasteiger partial charge in [0.25, 0.3) is 0 Å². The van der Waals surface area contributed by atoms with Gasteiger partial charge in [-0.25, -0.2) is 9.98 Å². The SMILES string of the molecule is CN(C)C=Nc1cc2c(I)cn(C)c2cn1. The van der Waals surface area contributed by atoms with Gasteiger partial charge in [-0.2, -0.15) is 0 Å². The molecule has 2 aromatic heterocycles. The van der Waals surface area contributed by atoms with Gasteiger partial charge in [-0.1, -0.05) is 0 Å². The van der Waals surface area contributed by atoms with Gasteiger partial charge in [-0.15, -0.1) is 0 Å². The number of rotatable bonds is 2. The van der Waals surface area contributed by atoms with E-state index >= 15 is 0 Å². The Morgan fingerprint density at radius 1 is 1.50 bits per heavy atom. The fourth-order valence-electron chi connectivity index (χ4n) is 1.46. The maximum Gasteiger partial charge on any atom is 0.154 e. The molecule has 0 atom stereocenters. The van der Waals surface area contributed by atoms with Crippen LogP contribution in [0.5, 0.6) is 0 Å². The molecule has 0 aliphatic heterocycles. The summed E-state index contributed by atoms with van der Waals surface area (Å²) < 4.78 is 3.29. The third-order valence-electron chi connectivity index (χ3n) is 2.23. The molecular weight excluding hydrogens is 315 g/mol. The number of fused-ring (bicyclic) bond motifs is 1. The van der Waals surface area contributed by atoms with Gasteiger partial charge in [0.1, 0.15) is 0 Å². The molecule has 0 aliphatic rings. The van der Waals surface area contributed by atoms with Gasteiger partial charge < -0.3 is 9.47 Å². The summed E-state index contributed by atoms with van der Waals surface area (Å²) in [7, 11) is 5.90. The summed E-state index contributed by atoms with van der Waals surface area (Å²) in [4.78, 5) is 10.5. The maximum atomic E-state index is 4.30. The molecule has 0 fully saturated rings. The first-order chi connectivity index (χ1) is 7.58. The number of nitrogens with zero attached hydrogens (tertiary/aromatic N) is 4. The van der Waals surface area contributed by atoms with Crippen molar-refractivity contribution in [1.29, 1.82) is 0 Å². The van der Waals surface area contributed by atoms with Gasteiger partial charge >= 0.3 is 0 Å². The third-order valence-corrected chi connectivity index (χ3v) is 3.09. The van der Waals surface area contributed by atoms with E-state index in [0.29, 0.717) is 0 Å². The molecule has 16 heavy (non-hydrogen) atoms. The number of hydrogen-bond donors (Lipinski definition) is 0. The Bertz CT molecular complexity index is 542. The Kier molecular flexibility index (Phi) is 3.13.